The Morgan fingerprint density at radius 1 is 0.800 bits per heavy atom. The van der Waals surface area contributed by atoms with E-state index in [2.05, 4.69) is 61.0 Å². The van der Waals surface area contributed by atoms with Gasteiger partial charge in [-0.25, -0.2) is 0 Å². The zero-order chi connectivity index (χ0) is 13.8. The molecule has 0 aromatic heterocycles. The van der Waals surface area contributed by atoms with Gasteiger partial charge in [0.1, 0.15) is 5.76 Å². The van der Waals surface area contributed by atoms with E-state index in [4.69, 9.17) is 4.74 Å². The van der Waals surface area contributed by atoms with Crippen molar-refractivity contribution in [2.24, 2.45) is 0 Å². The lowest BCUT2D eigenvalue weighted by atomic mass is 9.86. The van der Waals surface area contributed by atoms with Gasteiger partial charge in [-0.15, -0.1) is 0 Å². The SMILES string of the molecule is COC1=C(c2ccccc2)C(c2ccccc2)=CC[CH]1. The zero-order valence-corrected chi connectivity index (χ0v) is 11.5. The molecule has 2 aromatic carbocycles. The second-order valence-corrected chi connectivity index (χ2v) is 4.73. The Bertz CT molecular complexity index is 636. The summed E-state index contributed by atoms with van der Waals surface area (Å²) >= 11 is 0. The molecule has 0 amide bonds. The average molecular weight is 261 g/mol. The summed E-state index contributed by atoms with van der Waals surface area (Å²) in [7, 11) is 1.74. The molecule has 99 valence electrons. The van der Waals surface area contributed by atoms with Crippen LogP contribution in [0.2, 0.25) is 0 Å². The molecule has 1 radical (unpaired) electrons. The minimum Gasteiger partial charge on any atom is -0.500 e. The van der Waals surface area contributed by atoms with E-state index in [0.29, 0.717) is 0 Å². The second kappa shape index (κ2) is 5.79. The highest BCUT2D eigenvalue weighted by Crippen LogP contribution is 2.38. The fourth-order valence-electron chi connectivity index (χ4n) is 2.59. The molecule has 0 heterocycles. The van der Waals surface area contributed by atoms with Crippen LogP contribution in [0.3, 0.4) is 0 Å². The molecule has 0 N–H and O–H groups in total. The summed E-state index contributed by atoms with van der Waals surface area (Å²) in [5.74, 6) is 0.956. The fourth-order valence-corrected chi connectivity index (χ4v) is 2.59. The van der Waals surface area contributed by atoms with Gasteiger partial charge in [0.15, 0.2) is 0 Å². The molecular formula is C19H17O. The Hall–Kier alpha value is -2.28. The van der Waals surface area contributed by atoms with Crippen LogP contribution in [0, 0.1) is 6.42 Å². The van der Waals surface area contributed by atoms with Gasteiger partial charge < -0.3 is 4.74 Å². The summed E-state index contributed by atoms with van der Waals surface area (Å²) in [4.78, 5) is 0. The quantitative estimate of drug-likeness (QED) is 0.775. The number of allylic oxidation sites excluding steroid dienone is 4. The molecule has 20 heavy (non-hydrogen) atoms. The summed E-state index contributed by atoms with van der Waals surface area (Å²) in [6.45, 7) is 0. The first-order chi connectivity index (χ1) is 9.90. The first kappa shape index (κ1) is 12.7. The predicted octanol–water partition coefficient (Wildman–Crippen LogP) is 4.74. The number of benzene rings is 2. The van der Waals surface area contributed by atoms with Gasteiger partial charge in [-0.2, -0.15) is 0 Å². The van der Waals surface area contributed by atoms with Crippen molar-refractivity contribution in [1.82, 2.24) is 0 Å². The van der Waals surface area contributed by atoms with E-state index in [-0.39, 0.29) is 0 Å². The van der Waals surface area contributed by atoms with Crippen molar-refractivity contribution in [3.8, 4) is 0 Å². The van der Waals surface area contributed by atoms with E-state index in [0.717, 1.165) is 12.2 Å². The highest BCUT2D eigenvalue weighted by atomic mass is 16.5. The van der Waals surface area contributed by atoms with Crippen molar-refractivity contribution in [1.29, 1.82) is 0 Å². The molecule has 3 rings (SSSR count). The number of hydrogen-bond donors (Lipinski definition) is 0. The normalized spacial score (nSPS) is 14.9. The summed E-state index contributed by atoms with van der Waals surface area (Å²) in [6.07, 6.45) is 5.30. The molecule has 0 saturated heterocycles. The fraction of sp³-hybridized carbons (Fsp3) is 0.105. The summed E-state index contributed by atoms with van der Waals surface area (Å²) in [6, 6.07) is 20.9. The lowest BCUT2D eigenvalue weighted by Crippen LogP contribution is -2.03. The summed E-state index contributed by atoms with van der Waals surface area (Å²) < 4.78 is 5.59. The number of ether oxygens (including phenoxy) is 1. The standard InChI is InChI=1S/C19H17O/c1-20-18-14-8-13-17(15-9-4-2-5-10-15)19(18)16-11-6-3-7-12-16/h2-7,9-14H,8H2,1H3. The van der Waals surface area contributed by atoms with Crippen LogP contribution < -0.4 is 0 Å². The van der Waals surface area contributed by atoms with Gasteiger partial charge in [-0.05, 0) is 23.1 Å². The van der Waals surface area contributed by atoms with Crippen molar-refractivity contribution in [3.05, 3.63) is 90.0 Å². The summed E-state index contributed by atoms with van der Waals surface area (Å²) in [5.41, 5.74) is 4.84. The van der Waals surface area contributed by atoms with Crippen LogP contribution in [-0.4, -0.2) is 7.11 Å². The Morgan fingerprint density at radius 3 is 2.00 bits per heavy atom. The summed E-state index contributed by atoms with van der Waals surface area (Å²) in [5, 5.41) is 0. The lowest BCUT2D eigenvalue weighted by Gasteiger charge is -2.21. The number of hydrogen-bond acceptors (Lipinski definition) is 1. The van der Waals surface area contributed by atoms with Crippen LogP contribution in [-0.2, 0) is 4.74 Å². The van der Waals surface area contributed by atoms with Crippen LogP contribution in [0.15, 0.2) is 72.5 Å². The predicted molar refractivity (Wildman–Crippen MR) is 83.7 cm³/mol. The van der Waals surface area contributed by atoms with E-state index in [1.165, 1.54) is 22.3 Å². The molecule has 0 fully saturated rings. The largest absolute Gasteiger partial charge is 0.500 e. The van der Waals surface area contributed by atoms with E-state index < -0.39 is 0 Å². The van der Waals surface area contributed by atoms with Gasteiger partial charge in [0, 0.05) is 12.0 Å². The van der Waals surface area contributed by atoms with Crippen LogP contribution >= 0.6 is 0 Å². The average Bonchev–Trinajstić information content (AvgIpc) is 2.55. The molecule has 2 aromatic rings. The highest BCUT2D eigenvalue weighted by Gasteiger charge is 2.19. The zero-order valence-electron chi connectivity index (χ0n) is 11.5. The molecule has 0 bridgehead atoms. The molecule has 0 atom stereocenters. The topological polar surface area (TPSA) is 9.23 Å². The van der Waals surface area contributed by atoms with E-state index in [1.807, 2.05) is 12.1 Å². The first-order valence-corrected chi connectivity index (χ1v) is 6.83. The first-order valence-electron chi connectivity index (χ1n) is 6.83. The van der Waals surface area contributed by atoms with Crippen molar-refractivity contribution < 1.29 is 4.74 Å². The molecule has 1 aliphatic carbocycles. The minimum absolute atomic E-state index is 0.906. The van der Waals surface area contributed by atoms with Gasteiger partial charge in [-0.1, -0.05) is 66.7 Å². The molecule has 1 aliphatic rings. The van der Waals surface area contributed by atoms with Gasteiger partial charge in [0.25, 0.3) is 0 Å². The van der Waals surface area contributed by atoms with Gasteiger partial charge in [0.2, 0.25) is 0 Å². The lowest BCUT2D eigenvalue weighted by molar-refractivity contribution is 0.300. The van der Waals surface area contributed by atoms with Crippen molar-refractivity contribution in [2.45, 2.75) is 6.42 Å². The maximum atomic E-state index is 5.59. The molecular weight excluding hydrogens is 244 g/mol. The second-order valence-electron chi connectivity index (χ2n) is 4.73. The van der Waals surface area contributed by atoms with Gasteiger partial charge in [-0.3, -0.25) is 0 Å². The Morgan fingerprint density at radius 2 is 1.40 bits per heavy atom. The number of rotatable bonds is 3. The Labute approximate surface area is 120 Å². The highest BCUT2D eigenvalue weighted by molar-refractivity contribution is 6.07. The van der Waals surface area contributed by atoms with E-state index in [9.17, 15) is 0 Å². The van der Waals surface area contributed by atoms with Crippen LogP contribution in [0.25, 0.3) is 11.1 Å². The Kier molecular flexibility index (Phi) is 3.69. The third-order valence-electron chi connectivity index (χ3n) is 3.51. The molecule has 0 saturated carbocycles. The molecule has 0 aliphatic heterocycles. The van der Waals surface area contributed by atoms with Crippen LogP contribution in [0.4, 0.5) is 0 Å². The molecule has 1 nitrogen and oxygen atoms in total. The third-order valence-corrected chi connectivity index (χ3v) is 3.51. The van der Waals surface area contributed by atoms with Crippen molar-refractivity contribution >= 4 is 11.1 Å². The van der Waals surface area contributed by atoms with E-state index >= 15 is 0 Å². The molecule has 1 heteroatoms. The minimum atomic E-state index is 0.906. The van der Waals surface area contributed by atoms with E-state index in [1.54, 1.807) is 7.11 Å². The van der Waals surface area contributed by atoms with Crippen molar-refractivity contribution in [2.75, 3.05) is 7.11 Å². The third kappa shape index (κ3) is 2.39. The Balaban J connectivity index is 2.14. The monoisotopic (exact) mass is 261 g/mol. The number of methoxy groups -OCH3 is 1. The molecule has 0 spiro atoms. The maximum Gasteiger partial charge on any atom is 0.108 e. The van der Waals surface area contributed by atoms with Crippen LogP contribution in [0.5, 0.6) is 0 Å². The van der Waals surface area contributed by atoms with Gasteiger partial charge in [0.05, 0.1) is 7.11 Å². The maximum absolute atomic E-state index is 5.59. The van der Waals surface area contributed by atoms with Crippen molar-refractivity contribution in [3.63, 3.8) is 0 Å². The van der Waals surface area contributed by atoms with Crippen LogP contribution in [0.1, 0.15) is 17.5 Å². The van der Waals surface area contributed by atoms with Gasteiger partial charge >= 0.3 is 0 Å². The molecule has 0 unspecified atom stereocenters. The smallest absolute Gasteiger partial charge is 0.108 e.